The van der Waals surface area contributed by atoms with Gasteiger partial charge in [-0.25, -0.2) is 0 Å². The maximum Gasteiger partial charge on any atom is 0.471 e. The Balaban J connectivity index is 2.11. The average molecular weight is 392 g/mol. The number of ether oxygens (including phenoxy) is 1. The van der Waals surface area contributed by atoms with Crippen LogP contribution in [0.1, 0.15) is 0 Å². The summed E-state index contributed by atoms with van der Waals surface area (Å²) in [4.78, 5) is 21.8. The van der Waals surface area contributed by atoms with Crippen LogP contribution in [0.3, 0.4) is 0 Å². The van der Waals surface area contributed by atoms with Crippen molar-refractivity contribution in [2.45, 2.75) is 12.4 Å². The van der Waals surface area contributed by atoms with Crippen LogP contribution >= 0.6 is 0 Å². The maximum absolute atomic E-state index is 12.3. The van der Waals surface area contributed by atoms with Crippen molar-refractivity contribution in [3.8, 4) is 11.5 Å². The van der Waals surface area contributed by atoms with Gasteiger partial charge in [-0.2, -0.15) is 26.3 Å². The van der Waals surface area contributed by atoms with Gasteiger partial charge in [-0.05, 0) is 24.3 Å². The van der Waals surface area contributed by atoms with Gasteiger partial charge in [0.2, 0.25) is 0 Å². The number of amides is 2. The second-order valence-corrected chi connectivity index (χ2v) is 5.06. The van der Waals surface area contributed by atoms with E-state index < -0.39 is 24.2 Å². The van der Waals surface area contributed by atoms with E-state index >= 15 is 0 Å². The zero-order valence-corrected chi connectivity index (χ0v) is 13.1. The third kappa shape index (κ3) is 5.90. The Morgan fingerprint density at radius 2 is 1.07 bits per heavy atom. The first kappa shape index (κ1) is 20.1. The van der Waals surface area contributed by atoms with Gasteiger partial charge >= 0.3 is 24.2 Å². The van der Waals surface area contributed by atoms with E-state index in [0.717, 1.165) is 12.1 Å². The first-order valence-corrected chi connectivity index (χ1v) is 7.09. The van der Waals surface area contributed by atoms with Gasteiger partial charge in [0.05, 0.1) is 0 Å². The smallest absolute Gasteiger partial charge is 0.457 e. The Morgan fingerprint density at radius 3 is 1.41 bits per heavy atom. The Bertz CT molecular complexity index is 779. The molecule has 144 valence electrons. The fourth-order valence-corrected chi connectivity index (χ4v) is 1.81. The van der Waals surface area contributed by atoms with Crippen LogP contribution in [0.5, 0.6) is 11.5 Å². The topological polar surface area (TPSA) is 67.4 Å². The van der Waals surface area contributed by atoms with E-state index in [1.807, 2.05) is 0 Å². The predicted molar refractivity (Wildman–Crippen MR) is 82.3 cm³/mol. The van der Waals surface area contributed by atoms with Gasteiger partial charge in [0.25, 0.3) is 0 Å². The predicted octanol–water partition coefficient (Wildman–Crippen LogP) is 4.48. The van der Waals surface area contributed by atoms with Crippen LogP contribution < -0.4 is 15.4 Å². The molecule has 0 unspecified atom stereocenters. The van der Waals surface area contributed by atoms with Crippen LogP contribution in [0.4, 0.5) is 37.7 Å². The van der Waals surface area contributed by atoms with Crippen LogP contribution in [0.25, 0.3) is 0 Å². The molecule has 2 aromatic carbocycles. The number of anilines is 2. The molecule has 0 bridgehead atoms. The summed E-state index contributed by atoms with van der Waals surface area (Å²) in [6, 6.07) is 9.86. The van der Waals surface area contributed by atoms with Gasteiger partial charge in [-0.3, -0.25) is 9.59 Å². The molecule has 2 aromatic rings. The van der Waals surface area contributed by atoms with E-state index in [9.17, 15) is 35.9 Å². The number of nitrogens with one attached hydrogen (secondary N) is 2. The monoisotopic (exact) mass is 392 g/mol. The summed E-state index contributed by atoms with van der Waals surface area (Å²) in [6.45, 7) is 0. The summed E-state index contributed by atoms with van der Waals surface area (Å²) in [5.41, 5.74) is -0.396. The van der Waals surface area contributed by atoms with E-state index in [2.05, 4.69) is 0 Å². The standard InChI is InChI=1S/C16H10F6N2O3/c17-15(18,19)13(25)23-9-3-1-5-11(7-9)27-12-6-2-4-10(8-12)24-14(26)16(20,21)22/h1-8H,(H,23,25)(H,24,26). The molecular formula is C16H10F6N2O3. The Morgan fingerprint density at radius 1 is 0.704 bits per heavy atom. The van der Waals surface area contributed by atoms with Crippen LogP contribution in [0.15, 0.2) is 48.5 Å². The van der Waals surface area contributed by atoms with Gasteiger partial charge in [-0.1, -0.05) is 12.1 Å². The molecule has 0 atom stereocenters. The third-order valence-corrected chi connectivity index (χ3v) is 2.93. The Hall–Kier alpha value is -3.24. The van der Waals surface area contributed by atoms with E-state index in [1.54, 1.807) is 10.6 Å². The lowest BCUT2D eigenvalue weighted by atomic mass is 10.2. The highest BCUT2D eigenvalue weighted by Crippen LogP contribution is 2.28. The molecule has 0 aliphatic heterocycles. The number of hydrogen-bond acceptors (Lipinski definition) is 3. The molecule has 0 radical (unpaired) electrons. The Kier molecular flexibility index (Phi) is 5.62. The molecule has 0 fully saturated rings. The molecule has 2 amide bonds. The van der Waals surface area contributed by atoms with Crippen molar-refractivity contribution in [2.24, 2.45) is 0 Å². The molecule has 0 heterocycles. The molecule has 0 aliphatic carbocycles. The van der Waals surface area contributed by atoms with E-state index in [4.69, 9.17) is 4.74 Å². The summed E-state index contributed by atoms with van der Waals surface area (Å²) >= 11 is 0. The minimum absolute atomic E-state index is 0.00859. The second-order valence-electron chi connectivity index (χ2n) is 5.06. The van der Waals surface area contributed by atoms with Crippen molar-refractivity contribution in [1.82, 2.24) is 0 Å². The first-order chi connectivity index (χ1) is 12.4. The van der Waals surface area contributed by atoms with Gasteiger partial charge in [0.15, 0.2) is 0 Å². The minimum atomic E-state index is -5.07. The number of carbonyl (C=O) groups excluding carboxylic acids is 2. The van der Waals surface area contributed by atoms with Crippen LogP contribution in [0.2, 0.25) is 0 Å². The lowest BCUT2D eigenvalue weighted by Gasteiger charge is -2.12. The van der Waals surface area contributed by atoms with Crippen LogP contribution in [-0.4, -0.2) is 24.2 Å². The van der Waals surface area contributed by atoms with Gasteiger partial charge in [-0.15, -0.1) is 0 Å². The minimum Gasteiger partial charge on any atom is -0.457 e. The van der Waals surface area contributed by atoms with Crippen molar-refractivity contribution >= 4 is 23.2 Å². The molecular weight excluding hydrogens is 382 g/mol. The molecule has 0 aromatic heterocycles. The largest absolute Gasteiger partial charge is 0.471 e. The van der Waals surface area contributed by atoms with E-state index in [1.165, 1.54) is 36.4 Å². The van der Waals surface area contributed by atoms with Gasteiger partial charge in [0, 0.05) is 23.5 Å². The first-order valence-electron chi connectivity index (χ1n) is 7.09. The highest BCUT2D eigenvalue weighted by molar-refractivity contribution is 5.95. The van der Waals surface area contributed by atoms with Crippen molar-refractivity contribution < 1.29 is 40.7 Å². The summed E-state index contributed by atoms with van der Waals surface area (Å²) < 4.78 is 78.9. The zero-order valence-electron chi connectivity index (χ0n) is 13.1. The molecule has 11 heteroatoms. The fourth-order valence-electron chi connectivity index (χ4n) is 1.81. The lowest BCUT2D eigenvalue weighted by Crippen LogP contribution is -2.29. The van der Waals surface area contributed by atoms with Gasteiger partial charge < -0.3 is 15.4 Å². The number of hydrogen-bond donors (Lipinski definition) is 2. The molecule has 0 saturated heterocycles. The van der Waals surface area contributed by atoms with E-state index in [0.29, 0.717) is 0 Å². The number of benzene rings is 2. The number of rotatable bonds is 4. The zero-order chi connectivity index (χ0) is 20.2. The number of carbonyl (C=O) groups is 2. The summed E-state index contributed by atoms with van der Waals surface area (Å²) in [5, 5.41) is 3.27. The highest BCUT2D eigenvalue weighted by atomic mass is 19.4. The van der Waals surface area contributed by atoms with Gasteiger partial charge in [0.1, 0.15) is 11.5 Å². The number of alkyl halides is 6. The summed E-state index contributed by atoms with van der Waals surface area (Å²) in [6.07, 6.45) is -10.1. The quantitative estimate of drug-likeness (QED) is 0.754. The molecule has 2 N–H and O–H groups in total. The Labute approximate surface area is 147 Å². The van der Waals surface area contributed by atoms with E-state index in [-0.39, 0.29) is 22.9 Å². The molecule has 0 saturated carbocycles. The van der Waals surface area contributed by atoms with Crippen molar-refractivity contribution in [3.05, 3.63) is 48.5 Å². The van der Waals surface area contributed by atoms with Crippen molar-refractivity contribution in [1.29, 1.82) is 0 Å². The molecule has 27 heavy (non-hydrogen) atoms. The SMILES string of the molecule is O=C(Nc1cccc(Oc2cccc(NC(=O)C(F)(F)F)c2)c1)C(F)(F)F. The summed E-state index contributed by atoms with van der Waals surface area (Å²) in [5.74, 6) is -4.32. The van der Waals surface area contributed by atoms with Crippen LogP contribution in [-0.2, 0) is 9.59 Å². The molecule has 2 rings (SSSR count). The van der Waals surface area contributed by atoms with Crippen molar-refractivity contribution in [3.63, 3.8) is 0 Å². The van der Waals surface area contributed by atoms with Crippen LogP contribution in [0, 0.1) is 0 Å². The fraction of sp³-hybridized carbons (Fsp3) is 0.125. The normalized spacial score (nSPS) is 11.6. The molecule has 0 spiro atoms. The number of halogens is 6. The van der Waals surface area contributed by atoms with Crippen molar-refractivity contribution in [2.75, 3.05) is 10.6 Å². The average Bonchev–Trinajstić information content (AvgIpc) is 2.53. The highest BCUT2D eigenvalue weighted by Gasteiger charge is 2.39. The molecule has 0 aliphatic rings. The summed E-state index contributed by atoms with van der Waals surface area (Å²) in [7, 11) is 0. The third-order valence-electron chi connectivity index (χ3n) is 2.93. The second kappa shape index (κ2) is 7.56. The molecule has 5 nitrogen and oxygen atoms in total. The lowest BCUT2D eigenvalue weighted by molar-refractivity contribution is -0.167. The maximum atomic E-state index is 12.3.